The van der Waals surface area contributed by atoms with Crippen molar-refractivity contribution in [3.63, 3.8) is 0 Å². The lowest BCUT2D eigenvalue weighted by Gasteiger charge is -2.18. The molecule has 3 nitrogen and oxygen atoms in total. The molecule has 36 heavy (non-hydrogen) atoms. The summed E-state index contributed by atoms with van der Waals surface area (Å²) < 4.78 is 0. The van der Waals surface area contributed by atoms with Gasteiger partial charge in [-0.15, -0.1) is 0 Å². The monoisotopic (exact) mass is 465 g/mol. The van der Waals surface area contributed by atoms with Crippen LogP contribution in [0, 0.1) is 0 Å². The van der Waals surface area contributed by atoms with E-state index in [1.807, 2.05) is 6.07 Å². The molecule has 0 aliphatic rings. The molecule has 0 atom stereocenters. The normalized spacial score (nSPS) is 11.8. The fraction of sp³-hybridized carbons (Fsp3) is 0.121. The highest BCUT2D eigenvalue weighted by Gasteiger charge is 2.21. The Morgan fingerprint density at radius 3 is 1.75 bits per heavy atom. The van der Waals surface area contributed by atoms with Gasteiger partial charge in [0.05, 0.1) is 0 Å². The molecule has 6 aromatic rings. The van der Waals surface area contributed by atoms with Crippen LogP contribution >= 0.6 is 0 Å². The third kappa shape index (κ3) is 4.14. The number of benzene rings is 5. The standard InChI is InChI=1S/C33H27N3/c1-33(2,3)32-35-30(25-16-13-23(14-17-25)22-9-5-4-6-10-22)34-31(36-32)27-19-20-29-26(21-27)18-15-24-11-7-8-12-28(24)29/h4-21H,1-3H3. The highest BCUT2D eigenvalue weighted by molar-refractivity contribution is 6.08. The zero-order chi connectivity index (χ0) is 24.7. The van der Waals surface area contributed by atoms with Crippen LogP contribution in [0.2, 0.25) is 0 Å². The van der Waals surface area contributed by atoms with Gasteiger partial charge in [-0.3, -0.25) is 0 Å². The summed E-state index contributed by atoms with van der Waals surface area (Å²) in [6.07, 6.45) is 0. The van der Waals surface area contributed by atoms with Gasteiger partial charge in [0.1, 0.15) is 5.82 Å². The topological polar surface area (TPSA) is 38.7 Å². The van der Waals surface area contributed by atoms with E-state index in [-0.39, 0.29) is 5.41 Å². The smallest absolute Gasteiger partial charge is 0.163 e. The quantitative estimate of drug-likeness (QED) is 0.246. The van der Waals surface area contributed by atoms with Crippen LogP contribution in [0.4, 0.5) is 0 Å². The third-order valence-electron chi connectivity index (χ3n) is 6.56. The number of hydrogen-bond acceptors (Lipinski definition) is 3. The van der Waals surface area contributed by atoms with Crippen molar-refractivity contribution in [1.82, 2.24) is 15.0 Å². The maximum Gasteiger partial charge on any atom is 0.163 e. The van der Waals surface area contributed by atoms with Crippen LogP contribution in [-0.2, 0) is 5.41 Å². The van der Waals surface area contributed by atoms with Crippen molar-refractivity contribution < 1.29 is 0 Å². The van der Waals surface area contributed by atoms with E-state index in [0.29, 0.717) is 11.6 Å². The second-order valence-electron chi connectivity index (χ2n) is 10.2. The largest absolute Gasteiger partial charge is 0.212 e. The zero-order valence-corrected chi connectivity index (χ0v) is 20.7. The van der Waals surface area contributed by atoms with Crippen LogP contribution < -0.4 is 0 Å². The summed E-state index contributed by atoms with van der Waals surface area (Å²) >= 11 is 0. The molecular weight excluding hydrogens is 438 g/mol. The van der Waals surface area contributed by atoms with E-state index in [4.69, 9.17) is 15.0 Å². The van der Waals surface area contributed by atoms with Crippen molar-refractivity contribution >= 4 is 21.5 Å². The minimum absolute atomic E-state index is 0.205. The Morgan fingerprint density at radius 2 is 1.00 bits per heavy atom. The summed E-state index contributed by atoms with van der Waals surface area (Å²) in [5.41, 5.74) is 4.14. The number of nitrogens with zero attached hydrogens (tertiary/aromatic N) is 3. The van der Waals surface area contributed by atoms with Crippen molar-refractivity contribution in [3.05, 3.63) is 115 Å². The maximum atomic E-state index is 4.94. The van der Waals surface area contributed by atoms with E-state index in [1.165, 1.54) is 32.7 Å². The number of hydrogen-bond donors (Lipinski definition) is 0. The molecule has 0 unspecified atom stereocenters. The number of rotatable bonds is 3. The summed E-state index contributed by atoms with van der Waals surface area (Å²) in [5, 5.41) is 4.91. The first-order valence-electron chi connectivity index (χ1n) is 12.3. The molecular formula is C33H27N3. The minimum atomic E-state index is -0.205. The lowest BCUT2D eigenvalue weighted by atomic mass is 9.95. The van der Waals surface area contributed by atoms with Crippen molar-refractivity contribution in [2.75, 3.05) is 0 Å². The van der Waals surface area contributed by atoms with Gasteiger partial charge in [-0.2, -0.15) is 0 Å². The lowest BCUT2D eigenvalue weighted by molar-refractivity contribution is 0.543. The molecule has 0 fully saturated rings. The van der Waals surface area contributed by atoms with Crippen LogP contribution in [-0.4, -0.2) is 15.0 Å². The molecule has 0 N–H and O–H groups in total. The van der Waals surface area contributed by atoms with Gasteiger partial charge in [-0.1, -0.05) is 124 Å². The molecule has 0 bridgehead atoms. The van der Waals surface area contributed by atoms with Crippen LogP contribution in [0.3, 0.4) is 0 Å². The molecule has 0 spiro atoms. The average molecular weight is 466 g/mol. The van der Waals surface area contributed by atoms with Gasteiger partial charge in [-0.25, -0.2) is 15.0 Å². The Hall–Kier alpha value is -4.37. The minimum Gasteiger partial charge on any atom is -0.212 e. The average Bonchev–Trinajstić information content (AvgIpc) is 2.92. The Balaban J connectivity index is 1.46. The van der Waals surface area contributed by atoms with E-state index in [9.17, 15) is 0 Å². The van der Waals surface area contributed by atoms with Gasteiger partial charge in [0.15, 0.2) is 11.6 Å². The molecule has 1 heterocycles. The summed E-state index contributed by atoms with van der Waals surface area (Å²) in [6.45, 7) is 6.42. The van der Waals surface area contributed by atoms with E-state index in [0.717, 1.165) is 17.0 Å². The number of fused-ring (bicyclic) bond motifs is 3. The van der Waals surface area contributed by atoms with Crippen LogP contribution in [0.15, 0.2) is 109 Å². The highest BCUT2D eigenvalue weighted by atomic mass is 15.0. The molecule has 5 aromatic carbocycles. The first-order valence-corrected chi connectivity index (χ1v) is 12.3. The fourth-order valence-electron chi connectivity index (χ4n) is 4.56. The summed E-state index contributed by atoms with van der Waals surface area (Å²) in [5.74, 6) is 2.18. The second kappa shape index (κ2) is 8.69. The van der Waals surface area contributed by atoms with Gasteiger partial charge in [0, 0.05) is 16.5 Å². The van der Waals surface area contributed by atoms with Gasteiger partial charge < -0.3 is 0 Å². The second-order valence-corrected chi connectivity index (χ2v) is 10.2. The first-order chi connectivity index (χ1) is 17.5. The van der Waals surface area contributed by atoms with Crippen LogP contribution in [0.1, 0.15) is 26.6 Å². The van der Waals surface area contributed by atoms with Gasteiger partial charge in [-0.05, 0) is 38.7 Å². The molecule has 0 aliphatic heterocycles. The van der Waals surface area contributed by atoms with Gasteiger partial charge in [0.2, 0.25) is 0 Å². The maximum absolute atomic E-state index is 4.94. The predicted molar refractivity (Wildman–Crippen MR) is 150 cm³/mol. The molecule has 0 aliphatic carbocycles. The molecule has 174 valence electrons. The van der Waals surface area contributed by atoms with Gasteiger partial charge in [0.25, 0.3) is 0 Å². The van der Waals surface area contributed by atoms with Crippen LogP contribution in [0.5, 0.6) is 0 Å². The lowest BCUT2D eigenvalue weighted by Crippen LogP contribution is -2.18. The Labute approximate surface area is 211 Å². The summed E-state index contributed by atoms with van der Waals surface area (Å²) in [6, 6.07) is 38.2. The molecule has 0 saturated carbocycles. The van der Waals surface area contributed by atoms with E-state index in [2.05, 4.69) is 124 Å². The Kier molecular flexibility index (Phi) is 5.34. The summed E-state index contributed by atoms with van der Waals surface area (Å²) in [7, 11) is 0. The predicted octanol–water partition coefficient (Wildman–Crippen LogP) is 8.48. The van der Waals surface area contributed by atoms with Gasteiger partial charge >= 0.3 is 0 Å². The Morgan fingerprint density at radius 1 is 0.444 bits per heavy atom. The SMILES string of the molecule is CC(C)(C)c1nc(-c2ccc(-c3ccccc3)cc2)nc(-c2ccc3c(ccc4ccccc43)c2)n1. The van der Waals surface area contributed by atoms with Crippen molar-refractivity contribution in [3.8, 4) is 33.9 Å². The molecule has 6 rings (SSSR count). The third-order valence-corrected chi connectivity index (χ3v) is 6.56. The van der Waals surface area contributed by atoms with E-state index < -0.39 is 0 Å². The fourth-order valence-corrected chi connectivity index (χ4v) is 4.56. The summed E-state index contributed by atoms with van der Waals surface area (Å²) in [4.78, 5) is 14.7. The van der Waals surface area contributed by atoms with Crippen molar-refractivity contribution in [2.45, 2.75) is 26.2 Å². The Bertz CT molecular complexity index is 1700. The van der Waals surface area contributed by atoms with Crippen molar-refractivity contribution in [1.29, 1.82) is 0 Å². The zero-order valence-electron chi connectivity index (χ0n) is 20.7. The van der Waals surface area contributed by atoms with Crippen molar-refractivity contribution in [2.24, 2.45) is 0 Å². The van der Waals surface area contributed by atoms with E-state index >= 15 is 0 Å². The molecule has 3 heteroatoms. The molecule has 0 saturated heterocycles. The number of aromatic nitrogens is 3. The molecule has 0 radical (unpaired) electrons. The first kappa shape index (κ1) is 22.1. The highest BCUT2D eigenvalue weighted by Crippen LogP contribution is 2.31. The van der Waals surface area contributed by atoms with Crippen LogP contribution in [0.25, 0.3) is 55.4 Å². The van der Waals surface area contributed by atoms with E-state index in [1.54, 1.807) is 0 Å². The molecule has 1 aromatic heterocycles. The molecule has 0 amide bonds.